The summed E-state index contributed by atoms with van der Waals surface area (Å²) in [6, 6.07) is 4.38. The summed E-state index contributed by atoms with van der Waals surface area (Å²) in [5.74, 6) is 0.571. The summed E-state index contributed by atoms with van der Waals surface area (Å²) >= 11 is 6.06. The van der Waals surface area contributed by atoms with E-state index in [2.05, 4.69) is 20.2 Å². The highest BCUT2D eigenvalue weighted by Gasteiger charge is 2.13. The van der Waals surface area contributed by atoms with E-state index in [1.54, 1.807) is 12.3 Å². The Balaban J connectivity index is 1.75. The van der Waals surface area contributed by atoms with Gasteiger partial charge in [-0.15, -0.1) is 0 Å². The van der Waals surface area contributed by atoms with Crippen LogP contribution in [0.15, 0.2) is 24.4 Å². The van der Waals surface area contributed by atoms with Gasteiger partial charge in [-0.3, -0.25) is 4.90 Å². The molecule has 1 aromatic heterocycles. The Bertz CT molecular complexity index is 593. The van der Waals surface area contributed by atoms with Gasteiger partial charge in [-0.05, 0) is 18.2 Å². The third-order valence-electron chi connectivity index (χ3n) is 3.43. The van der Waals surface area contributed by atoms with Crippen molar-refractivity contribution in [2.75, 3.05) is 26.2 Å². The van der Waals surface area contributed by atoms with Gasteiger partial charge in [0.25, 0.3) is 0 Å². The number of benzene rings is 1. The number of nitrogens with zero attached hydrogens (tertiary/aromatic N) is 2. The predicted octanol–water partition coefficient (Wildman–Crippen LogP) is 2.27. The number of halogens is 2. The van der Waals surface area contributed by atoms with Gasteiger partial charge >= 0.3 is 0 Å². The lowest BCUT2D eigenvalue weighted by molar-refractivity contribution is 0.228. The van der Waals surface area contributed by atoms with Crippen molar-refractivity contribution >= 4 is 11.6 Å². The molecule has 4 nitrogen and oxygen atoms in total. The number of H-pyrrole nitrogens is 1. The molecule has 20 heavy (non-hydrogen) atoms. The second-order valence-electron chi connectivity index (χ2n) is 4.89. The quantitative estimate of drug-likeness (QED) is 0.913. The molecular formula is C14H16ClFN4. The third-order valence-corrected chi connectivity index (χ3v) is 3.75. The molecule has 6 heteroatoms. The van der Waals surface area contributed by atoms with Crippen LogP contribution in [0, 0.1) is 5.82 Å². The Hall–Kier alpha value is -1.43. The Morgan fingerprint density at radius 2 is 2.10 bits per heavy atom. The van der Waals surface area contributed by atoms with E-state index in [0.29, 0.717) is 5.02 Å². The minimum absolute atomic E-state index is 0.334. The number of rotatable bonds is 3. The molecule has 0 spiro atoms. The zero-order valence-corrected chi connectivity index (χ0v) is 11.8. The number of hydrogen-bond acceptors (Lipinski definition) is 3. The molecule has 1 fully saturated rings. The van der Waals surface area contributed by atoms with Crippen molar-refractivity contribution in [2.24, 2.45) is 0 Å². The molecular weight excluding hydrogens is 279 g/mol. The maximum Gasteiger partial charge on any atom is 0.124 e. The van der Waals surface area contributed by atoms with Crippen molar-refractivity contribution in [1.82, 2.24) is 20.2 Å². The highest BCUT2D eigenvalue weighted by atomic mass is 35.5. The molecule has 1 aromatic carbocycles. The van der Waals surface area contributed by atoms with E-state index in [0.717, 1.165) is 49.8 Å². The van der Waals surface area contributed by atoms with Crippen molar-refractivity contribution in [1.29, 1.82) is 0 Å². The number of aromatic nitrogens is 2. The predicted molar refractivity (Wildman–Crippen MR) is 77.1 cm³/mol. The maximum atomic E-state index is 13.1. The highest BCUT2D eigenvalue weighted by Crippen LogP contribution is 2.27. The molecule has 1 aliphatic heterocycles. The molecule has 2 N–H and O–H groups in total. The largest absolute Gasteiger partial charge is 0.341 e. The van der Waals surface area contributed by atoms with E-state index in [1.165, 1.54) is 12.1 Å². The molecule has 106 valence electrons. The molecule has 0 bridgehead atoms. The van der Waals surface area contributed by atoms with Crippen molar-refractivity contribution in [3.8, 4) is 11.3 Å². The van der Waals surface area contributed by atoms with Crippen LogP contribution in [0.3, 0.4) is 0 Å². The first kappa shape index (κ1) is 13.5. The molecule has 0 atom stereocenters. The minimum atomic E-state index is -0.334. The van der Waals surface area contributed by atoms with Crippen LogP contribution in [0.25, 0.3) is 11.3 Å². The smallest absolute Gasteiger partial charge is 0.124 e. The van der Waals surface area contributed by atoms with Crippen molar-refractivity contribution in [3.63, 3.8) is 0 Å². The first-order valence-corrected chi connectivity index (χ1v) is 7.02. The van der Waals surface area contributed by atoms with Gasteiger partial charge in [0.2, 0.25) is 0 Å². The molecule has 0 radical (unpaired) electrons. The first-order valence-electron chi connectivity index (χ1n) is 6.65. The Labute approximate surface area is 122 Å². The Morgan fingerprint density at radius 1 is 1.30 bits per heavy atom. The van der Waals surface area contributed by atoms with Gasteiger partial charge in [0, 0.05) is 31.7 Å². The minimum Gasteiger partial charge on any atom is -0.341 e. The van der Waals surface area contributed by atoms with Crippen LogP contribution in [-0.4, -0.2) is 41.0 Å². The molecule has 0 aliphatic carbocycles. The summed E-state index contributed by atoms with van der Waals surface area (Å²) in [4.78, 5) is 9.98. The van der Waals surface area contributed by atoms with Crippen LogP contribution in [0.4, 0.5) is 4.39 Å². The molecule has 1 aliphatic rings. The second kappa shape index (κ2) is 5.91. The molecule has 0 saturated carbocycles. The summed E-state index contributed by atoms with van der Waals surface area (Å²) < 4.78 is 13.1. The molecule has 2 heterocycles. The fourth-order valence-corrected chi connectivity index (χ4v) is 2.64. The van der Waals surface area contributed by atoms with Gasteiger partial charge in [-0.25, -0.2) is 9.37 Å². The number of aromatic amines is 1. The molecule has 0 unspecified atom stereocenters. The average Bonchev–Trinajstić information content (AvgIpc) is 2.88. The van der Waals surface area contributed by atoms with Crippen LogP contribution in [-0.2, 0) is 6.54 Å². The molecule has 2 aromatic rings. The Morgan fingerprint density at radius 3 is 2.85 bits per heavy atom. The third kappa shape index (κ3) is 3.00. The number of piperazine rings is 1. The summed E-state index contributed by atoms with van der Waals surface area (Å²) in [7, 11) is 0. The lowest BCUT2D eigenvalue weighted by Crippen LogP contribution is -2.43. The van der Waals surface area contributed by atoms with E-state index >= 15 is 0 Å². The van der Waals surface area contributed by atoms with Gasteiger partial charge in [0.15, 0.2) is 0 Å². The maximum absolute atomic E-state index is 13.1. The lowest BCUT2D eigenvalue weighted by atomic mass is 10.2. The second-order valence-corrected chi connectivity index (χ2v) is 5.30. The van der Waals surface area contributed by atoms with E-state index in [4.69, 9.17) is 11.6 Å². The standard InChI is InChI=1S/C14H16ClFN4/c15-12-7-10(16)1-2-11(12)13-8-18-14(19-13)9-20-5-3-17-4-6-20/h1-2,7-8,17H,3-6,9H2,(H,18,19). The summed E-state index contributed by atoms with van der Waals surface area (Å²) in [5, 5.41) is 3.71. The van der Waals surface area contributed by atoms with Crippen LogP contribution in [0.2, 0.25) is 5.02 Å². The topological polar surface area (TPSA) is 44.0 Å². The molecule has 0 amide bonds. The van der Waals surface area contributed by atoms with E-state index in [9.17, 15) is 4.39 Å². The van der Waals surface area contributed by atoms with Crippen molar-refractivity contribution < 1.29 is 4.39 Å². The molecule has 3 rings (SSSR count). The summed E-state index contributed by atoms with van der Waals surface area (Å²) in [5.41, 5.74) is 1.59. The van der Waals surface area contributed by atoms with E-state index in [1.807, 2.05) is 0 Å². The number of imidazole rings is 1. The fourth-order valence-electron chi connectivity index (χ4n) is 2.37. The van der Waals surface area contributed by atoms with Crippen LogP contribution in [0.5, 0.6) is 0 Å². The molecule has 1 saturated heterocycles. The van der Waals surface area contributed by atoms with Gasteiger partial charge in [-0.1, -0.05) is 11.6 Å². The van der Waals surface area contributed by atoms with Crippen molar-refractivity contribution in [3.05, 3.63) is 41.1 Å². The lowest BCUT2D eigenvalue weighted by Gasteiger charge is -2.26. The normalized spacial score (nSPS) is 16.5. The van der Waals surface area contributed by atoms with Gasteiger partial charge < -0.3 is 10.3 Å². The van der Waals surface area contributed by atoms with Crippen LogP contribution in [0.1, 0.15) is 5.82 Å². The average molecular weight is 295 g/mol. The zero-order valence-electron chi connectivity index (χ0n) is 11.0. The van der Waals surface area contributed by atoms with Gasteiger partial charge in [0.1, 0.15) is 11.6 Å². The van der Waals surface area contributed by atoms with E-state index in [-0.39, 0.29) is 5.82 Å². The van der Waals surface area contributed by atoms with Gasteiger partial charge in [-0.2, -0.15) is 0 Å². The SMILES string of the molecule is Fc1ccc(-c2cnc(CN3CCNCC3)[nH]2)c(Cl)c1. The summed E-state index contributed by atoms with van der Waals surface area (Å²) in [6.45, 7) is 4.86. The van der Waals surface area contributed by atoms with Gasteiger partial charge in [0.05, 0.1) is 23.5 Å². The highest BCUT2D eigenvalue weighted by molar-refractivity contribution is 6.33. The Kier molecular flexibility index (Phi) is 4.00. The number of nitrogens with one attached hydrogen (secondary N) is 2. The first-order chi connectivity index (χ1) is 9.72. The fraction of sp³-hybridized carbons (Fsp3) is 0.357. The van der Waals surface area contributed by atoms with Crippen LogP contribution >= 0.6 is 11.6 Å². The zero-order chi connectivity index (χ0) is 13.9. The van der Waals surface area contributed by atoms with Crippen molar-refractivity contribution in [2.45, 2.75) is 6.54 Å². The van der Waals surface area contributed by atoms with E-state index < -0.39 is 0 Å². The van der Waals surface area contributed by atoms with Crippen LogP contribution < -0.4 is 5.32 Å². The monoisotopic (exact) mass is 294 g/mol. The summed E-state index contributed by atoms with van der Waals surface area (Å²) in [6.07, 6.45) is 1.75. The number of hydrogen-bond donors (Lipinski definition) is 2.